The minimum atomic E-state index is -3.55. The van der Waals surface area contributed by atoms with Crippen LogP contribution in [-0.2, 0) is 19.6 Å². The number of nitrogens with one attached hydrogen (secondary N) is 1. The lowest BCUT2D eigenvalue weighted by molar-refractivity contribution is -0.142. The molecule has 2 N–H and O–H groups in total. The number of carboxylic acids is 1. The number of nitrogens with zero attached hydrogens (tertiary/aromatic N) is 1. The second-order valence-corrected chi connectivity index (χ2v) is 7.34. The van der Waals surface area contributed by atoms with E-state index in [2.05, 4.69) is 4.72 Å². The van der Waals surface area contributed by atoms with Crippen LogP contribution in [0.2, 0.25) is 0 Å². The van der Waals surface area contributed by atoms with Gasteiger partial charge in [-0.15, -0.1) is 0 Å². The number of aliphatic carboxylic acids is 1. The number of ketones is 1. The van der Waals surface area contributed by atoms with E-state index >= 15 is 0 Å². The number of Topliss-reactive ketones (excluding diaryl/α,β-unsaturated/α-hetero) is 1. The Morgan fingerprint density at radius 2 is 2.00 bits per heavy atom. The first-order chi connectivity index (χ1) is 9.12. The Morgan fingerprint density at radius 3 is 2.40 bits per heavy atom. The first kappa shape index (κ1) is 17.1. The van der Waals surface area contributed by atoms with Crippen molar-refractivity contribution in [2.75, 3.05) is 12.3 Å². The molecule has 0 unspecified atom stereocenters. The number of hydrogen-bond acceptors (Lipinski definition) is 5. The van der Waals surface area contributed by atoms with Crippen LogP contribution in [-0.4, -0.2) is 60.6 Å². The van der Waals surface area contributed by atoms with Crippen molar-refractivity contribution in [3.8, 4) is 0 Å². The van der Waals surface area contributed by atoms with E-state index in [4.69, 9.17) is 5.11 Å². The van der Waals surface area contributed by atoms with Crippen LogP contribution >= 0.6 is 0 Å². The highest BCUT2D eigenvalue weighted by molar-refractivity contribution is 7.89. The second kappa shape index (κ2) is 6.64. The molecule has 0 aliphatic carbocycles. The van der Waals surface area contributed by atoms with Gasteiger partial charge in [-0.3, -0.25) is 14.5 Å². The lowest BCUT2D eigenvalue weighted by Gasteiger charge is -2.25. The molecule has 0 aromatic carbocycles. The third-order valence-electron chi connectivity index (χ3n) is 3.36. The topological polar surface area (TPSA) is 104 Å². The Kier molecular flexibility index (Phi) is 5.67. The molecule has 1 saturated heterocycles. The van der Waals surface area contributed by atoms with E-state index in [-0.39, 0.29) is 30.4 Å². The highest BCUT2D eigenvalue weighted by Gasteiger charge is 2.39. The number of sulfonamides is 1. The molecule has 1 aliphatic heterocycles. The van der Waals surface area contributed by atoms with Gasteiger partial charge in [-0.05, 0) is 27.2 Å². The van der Waals surface area contributed by atoms with E-state index in [1.165, 1.54) is 6.92 Å². The monoisotopic (exact) mass is 306 g/mol. The summed E-state index contributed by atoms with van der Waals surface area (Å²) in [5.41, 5.74) is 0. The van der Waals surface area contributed by atoms with Crippen molar-refractivity contribution in [1.29, 1.82) is 0 Å². The lowest BCUT2D eigenvalue weighted by atomic mass is 10.2. The predicted octanol–water partition coefficient (Wildman–Crippen LogP) is -0.179. The predicted molar refractivity (Wildman–Crippen MR) is 73.9 cm³/mol. The fourth-order valence-electron chi connectivity index (χ4n) is 2.35. The van der Waals surface area contributed by atoms with E-state index in [0.29, 0.717) is 6.54 Å². The van der Waals surface area contributed by atoms with Crippen molar-refractivity contribution in [3.05, 3.63) is 0 Å². The van der Waals surface area contributed by atoms with Gasteiger partial charge in [-0.2, -0.15) is 0 Å². The van der Waals surface area contributed by atoms with Gasteiger partial charge in [0.05, 0.1) is 5.75 Å². The molecule has 0 bridgehead atoms. The van der Waals surface area contributed by atoms with E-state index in [1.54, 1.807) is 4.90 Å². The number of carboxylic acid groups (broad SMARTS) is 1. The average Bonchev–Trinajstić information content (AvgIpc) is 2.70. The summed E-state index contributed by atoms with van der Waals surface area (Å²) in [6.45, 7) is 5.46. The highest BCUT2D eigenvalue weighted by Crippen LogP contribution is 2.21. The molecule has 1 fully saturated rings. The molecule has 1 heterocycles. The molecule has 116 valence electrons. The first-order valence-corrected chi connectivity index (χ1v) is 8.25. The summed E-state index contributed by atoms with van der Waals surface area (Å²) >= 11 is 0. The Hall–Kier alpha value is -0.990. The summed E-state index contributed by atoms with van der Waals surface area (Å²) in [5, 5.41) is 9.16. The molecular weight excluding hydrogens is 284 g/mol. The van der Waals surface area contributed by atoms with Crippen molar-refractivity contribution >= 4 is 21.8 Å². The largest absolute Gasteiger partial charge is 0.480 e. The van der Waals surface area contributed by atoms with Gasteiger partial charge in [0.1, 0.15) is 11.8 Å². The molecule has 0 radical (unpaired) electrons. The van der Waals surface area contributed by atoms with Crippen molar-refractivity contribution in [1.82, 2.24) is 9.62 Å². The maximum Gasteiger partial charge on any atom is 0.320 e. The molecule has 0 amide bonds. The van der Waals surface area contributed by atoms with Crippen LogP contribution in [0, 0.1) is 0 Å². The molecule has 0 spiro atoms. The summed E-state index contributed by atoms with van der Waals surface area (Å²) in [4.78, 5) is 23.8. The standard InChI is InChI=1S/C12H22N2O5S/c1-8(2)14-7-10(6-11(14)12(16)17)13-20(18,19)5-4-9(3)15/h8,10-11,13H,4-7H2,1-3H3,(H,16,17)/t10-,11+/m1/s1. The van der Waals surface area contributed by atoms with Gasteiger partial charge in [-0.1, -0.05) is 0 Å². The van der Waals surface area contributed by atoms with E-state index in [9.17, 15) is 18.0 Å². The van der Waals surface area contributed by atoms with Gasteiger partial charge in [-0.25, -0.2) is 13.1 Å². The smallest absolute Gasteiger partial charge is 0.320 e. The number of likely N-dealkylation sites (tertiary alicyclic amines) is 1. The maximum absolute atomic E-state index is 11.8. The molecule has 20 heavy (non-hydrogen) atoms. The van der Waals surface area contributed by atoms with Gasteiger partial charge in [0.2, 0.25) is 10.0 Å². The van der Waals surface area contributed by atoms with Crippen LogP contribution in [0.25, 0.3) is 0 Å². The van der Waals surface area contributed by atoms with Crippen molar-refractivity contribution < 1.29 is 23.1 Å². The minimum Gasteiger partial charge on any atom is -0.480 e. The highest BCUT2D eigenvalue weighted by atomic mass is 32.2. The molecule has 1 aliphatic rings. The summed E-state index contributed by atoms with van der Waals surface area (Å²) in [7, 11) is -3.55. The van der Waals surface area contributed by atoms with Crippen LogP contribution in [0.5, 0.6) is 0 Å². The van der Waals surface area contributed by atoms with Gasteiger partial charge < -0.3 is 5.11 Å². The summed E-state index contributed by atoms with van der Waals surface area (Å²) < 4.78 is 26.1. The molecule has 1 rings (SSSR count). The summed E-state index contributed by atoms with van der Waals surface area (Å²) in [6, 6.07) is -1.06. The third-order valence-corrected chi connectivity index (χ3v) is 4.79. The Bertz CT molecular complexity index is 474. The summed E-state index contributed by atoms with van der Waals surface area (Å²) in [6.07, 6.45) is 0.213. The molecule has 0 saturated carbocycles. The fourth-order valence-corrected chi connectivity index (χ4v) is 3.70. The van der Waals surface area contributed by atoms with E-state index in [1.807, 2.05) is 13.8 Å². The number of rotatable bonds is 7. The second-order valence-electron chi connectivity index (χ2n) is 5.47. The minimum absolute atomic E-state index is 0.0295. The maximum atomic E-state index is 11.8. The zero-order chi connectivity index (χ0) is 15.5. The SMILES string of the molecule is CC(=O)CCS(=O)(=O)N[C@@H]1C[C@@H](C(=O)O)N(C(C)C)C1. The zero-order valence-corrected chi connectivity index (χ0v) is 12.8. The summed E-state index contributed by atoms with van der Waals surface area (Å²) in [5.74, 6) is -1.38. The molecule has 2 atom stereocenters. The van der Waals surface area contributed by atoms with Crippen LogP contribution in [0.15, 0.2) is 0 Å². The van der Waals surface area contributed by atoms with Crippen molar-refractivity contribution in [2.45, 2.75) is 51.7 Å². The van der Waals surface area contributed by atoms with Gasteiger partial charge in [0.15, 0.2) is 0 Å². The number of hydrogen-bond donors (Lipinski definition) is 2. The van der Waals surface area contributed by atoms with E-state index < -0.39 is 28.1 Å². The van der Waals surface area contributed by atoms with Crippen molar-refractivity contribution in [2.24, 2.45) is 0 Å². The van der Waals surface area contributed by atoms with Crippen LogP contribution in [0.4, 0.5) is 0 Å². The van der Waals surface area contributed by atoms with Crippen LogP contribution in [0.1, 0.15) is 33.6 Å². The average molecular weight is 306 g/mol. The Labute approximate surface area is 119 Å². The molecule has 8 heteroatoms. The third kappa shape index (κ3) is 4.84. The van der Waals surface area contributed by atoms with Crippen molar-refractivity contribution in [3.63, 3.8) is 0 Å². The lowest BCUT2D eigenvalue weighted by Crippen LogP contribution is -2.41. The van der Waals surface area contributed by atoms with E-state index in [0.717, 1.165) is 0 Å². The van der Waals surface area contributed by atoms with Gasteiger partial charge in [0.25, 0.3) is 0 Å². The first-order valence-electron chi connectivity index (χ1n) is 6.60. The van der Waals surface area contributed by atoms with Crippen LogP contribution in [0.3, 0.4) is 0 Å². The quantitative estimate of drug-likeness (QED) is 0.676. The number of carbonyl (C=O) groups is 2. The van der Waals surface area contributed by atoms with Gasteiger partial charge >= 0.3 is 5.97 Å². The van der Waals surface area contributed by atoms with Crippen LogP contribution < -0.4 is 4.72 Å². The Morgan fingerprint density at radius 1 is 1.40 bits per heavy atom. The molecule has 0 aromatic rings. The zero-order valence-electron chi connectivity index (χ0n) is 12.0. The normalized spacial score (nSPS) is 24.2. The fraction of sp³-hybridized carbons (Fsp3) is 0.833. The Balaban J connectivity index is 2.66. The molecule has 7 nitrogen and oxygen atoms in total. The molecular formula is C12H22N2O5S. The number of carbonyl (C=O) groups excluding carboxylic acids is 1. The van der Waals surface area contributed by atoms with Gasteiger partial charge in [0, 0.05) is 25.0 Å². The molecule has 0 aromatic heterocycles.